The zero-order chi connectivity index (χ0) is 30.9. The largest absolute Gasteiger partial charge is 0.497 e. The second-order valence-electron chi connectivity index (χ2n) is 11.3. The van der Waals surface area contributed by atoms with E-state index in [0.29, 0.717) is 24.4 Å². The molecule has 0 bridgehead atoms. The highest BCUT2D eigenvalue weighted by Crippen LogP contribution is 2.29. The third-order valence-corrected chi connectivity index (χ3v) is 6.88. The average molecular weight is 574 g/mol. The smallest absolute Gasteiger partial charge is 0.408 e. The Morgan fingerprint density at radius 3 is 2.17 bits per heavy atom. The van der Waals surface area contributed by atoms with Crippen LogP contribution < -0.4 is 15.4 Å². The highest BCUT2D eigenvalue weighted by molar-refractivity contribution is 5.99. The highest BCUT2D eigenvalue weighted by Gasteiger charge is 2.37. The van der Waals surface area contributed by atoms with Crippen molar-refractivity contribution in [3.05, 3.63) is 95.1 Å². The zero-order valence-corrected chi connectivity index (χ0v) is 25.7. The highest BCUT2D eigenvalue weighted by atomic mass is 16.6. The minimum Gasteiger partial charge on any atom is -0.497 e. The first kappa shape index (κ1) is 32.2. The Balaban J connectivity index is 2.06. The van der Waals surface area contributed by atoms with Crippen LogP contribution in [-0.2, 0) is 20.7 Å². The topological polar surface area (TPSA) is 97.0 Å². The predicted molar refractivity (Wildman–Crippen MR) is 166 cm³/mol. The third kappa shape index (κ3) is 8.83. The molecule has 3 rings (SSSR count). The molecule has 0 fully saturated rings. The van der Waals surface area contributed by atoms with E-state index >= 15 is 0 Å². The van der Waals surface area contributed by atoms with Crippen LogP contribution in [0.1, 0.15) is 62.4 Å². The first-order valence-corrected chi connectivity index (χ1v) is 14.3. The van der Waals surface area contributed by atoms with E-state index in [4.69, 9.17) is 9.47 Å². The Bertz CT molecular complexity index is 1350. The molecule has 8 nitrogen and oxygen atoms in total. The summed E-state index contributed by atoms with van der Waals surface area (Å²) in [6.45, 7) is 11.5. The van der Waals surface area contributed by atoms with Crippen LogP contribution in [0.3, 0.4) is 0 Å². The summed E-state index contributed by atoms with van der Waals surface area (Å²) in [5.41, 5.74) is 3.35. The van der Waals surface area contributed by atoms with Gasteiger partial charge in [0.1, 0.15) is 23.4 Å². The third-order valence-electron chi connectivity index (χ3n) is 6.88. The van der Waals surface area contributed by atoms with Crippen molar-refractivity contribution in [2.24, 2.45) is 0 Å². The van der Waals surface area contributed by atoms with Crippen LogP contribution in [0.25, 0.3) is 0 Å². The first-order chi connectivity index (χ1) is 19.9. The summed E-state index contributed by atoms with van der Waals surface area (Å²) >= 11 is 0. The van der Waals surface area contributed by atoms with Crippen molar-refractivity contribution in [3.63, 3.8) is 0 Å². The Kier molecular flexibility index (Phi) is 11.1. The fraction of sp³-hybridized carbons (Fsp3) is 0.382. The fourth-order valence-corrected chi connectivity index (χ4v) is 4.71. The Morgan fingerprint density at radius 2 is 1.57 bits per heavy atom. The number of hydrogen-bond acceptors (Lipinski definition) is 5. The molecule has 2 unspecified atom stereocenters. The molecule has 2 N–H and O–H groups in total. The van der Waals surface area contributed by atoms with Gasteiger partial charge in [-0.1, -0.05) is 55.5 Å². The number of ether oxygens (including phenoxy) is 2. The molecule has 0 saturated heterocycles. The van der Waals surface area contributed by atoms with Gasteiger partial charge in [0.05, 0.1) is 7.11 Å². The summed E-state index contributed by atoms with van der Waals surface area (Å²) in [5.74, 6) is -0.0624. The van der Waals surface area contributed by atoms with Crippen molar-refractivity contribution in [2.45, 2.75) is 72.1 Å². The van der Waals surface area contributed by atoms with E-state index < -0.39 is 23.8 Å². The molecule has 0 aliphatic heterocycles. The average Bonchev–Trinajstić information content (AvgIpc) is 2.94. The van der Waals surface area contributed by atoms with Gasteiger partial charge in [0.25, 0.3) is 5.91 Å². The number of nitrogens with zero attached hydrogens (tertiary/aromatic N) is 1. The van der Waals surface area contributed by atoms with Gasteiger partial charge >= 0.3 is 6.09 Å². The van der Waals surface area contributed by atoms with E-state index in [0.717, 1.165) is 22.3 Å². The van der Waals surface area contributed by atoms with Gasteiger partial charge in [-0.25, -0.2) is 4.79 Å². The number of anilines is 1. The maximum Gasteiger partial charge on any atom is 0.408 e. The number of carbonyl (C=O) groups is 3. The van der Waals surface area contributed by atoms with Crippen molar-refractivity contribution in [2.75, 3.05) is 19.0 Å². The van der Waals surface area contributed by atoms with Crippen molar-refractivity contribution in [1.82, 2.24) is 10.2 Å². The van der Waals surface area contributed by atoms with Crippen molar-refractivity contribution in [1.29, 1.82) is 0 Å². The van der Waals surface area contributed by atoms with Gasteiger partial charge in [0.2, 0.25) is 5.91 Å². The molecular formula is C34H43N3O5. The molecule has 3 aromatic carbocycles. The molecule has 3 amide bonds. The summed E-state index contributed by atoms with van der Waals surface area (Å²) in [4.78, 5) is 43.0. The maximum absolute atomic E-state index is 14.4. The Hall–Kier alpha value is -4.33. The van der Waals surface area contributed by atoms with E-state index in [1.54, 1.807) is 57.0 Å². The number of benzene rings is 3. The SMILES string of the molecule is CCCN(C(=O)C(Cc1ccccc1)NC(=O)OC(C)(C)C)C(C(=O)Nc1ccc(OC)cc1)c1cccc(C)c1C. The molecule has 0 aromatic heterocycles. The van der Waals surface area contributed by atoms with Gasteiger partial charge in [0.15, 0.2) is 0 Å². The zero-order valence-electron chi connectivity index (χ0n) is 25.7. The molecule has 0 saturated carbocycles. The predicted octanol–water partition coefficient (Wildman–Crippen LogP) is 6.37. The molecule has 224 valence electrons. The molecule has 8 heteroatoms. The Labute approximate surface area is 249 Å². The van der Waals surface area contributed by atoms with Crippen LogP contribution in [0.15, 0.2) is 72.8 Å². The lowest BCUT2D eigenvalue weighted by Crippen LogP contribution is -2.53. The normalized spacial score (nSPS) is 12.5. The molecule has 0 radical (unpaired) electrons. The number of methoxy groups -OCH3 is 1. The minimum absolute atomic E-state index is 0.235. The number of alkyl carbamates (subject to hydrolysis) is 1. The number of aryl methyl sites for hydroxylation is 1. The monoisotopic (exact) mass is 573 g/mol. The lowest BCUT2D eigenvalue weighted by molar-refractivity contribution is -0.140. The molecular weight excluding hydrogens is 530 g/mol. The maximum atomic E-state index is 14.4. The summed E-state index contributed by atoms with van der Waals surface area (Å²) in [6, 6.07) is 20.3. The summed E-state index contributed by atoms with van der Waals surface area (Å²) in [7, 11) is 1.58. The van der Waals surface area contributed by atoms with Gasteiger partial charge in [-0.05, 0) is 87.6 Å². The molecule has 0 aliphatic rings. The van der Waals surface area contributed by atoms with E-state index in [9.17, 15) is 14.4 Å². The summed E-state index contributed by atoms with van der Waals surface area (Å²) < 4.78 is 10.8. The summed E-state index contributed by atoms with van der Waals surface area (Å²) in [5, 5.41) is 5.79. The number of rotatable bonds is 11. The van der Waals surface area contributed by atoms with Crippen LogP contribution in [0.5, 0.6) is 5.75 Å². The van der Waals surface area contributed by atoms with Crippen LogP contribution in [0.2, 0.25) is 0 Å². The minimum atomic E-state index is -0.963. The first-order valence-electron chi connectivity index (χ1n) is 14.3. The quantitative estimate of drug-likeness (QED) is 0.278. The number of amides is 3. The lowest BCUT2D eigenvalue weighted by Gasteiger charge is -2.35. The van der Waals surface area contributed by atoms with Crippen LogP contribution in [-0.4, -0.2) is 48.1 Å². The number of carbonyl (C=O) groups excluding carboxylic acids is 3. The molecule has 0 aliphatic carbocycles. The lowest BCUT2D eigenvalue weighted by atomic mass is 9.94. The molecule has 42 heavy (non-hydrogen) atoms. The van der Waals surface area contributed by atoms with Gasteiger partial charge in [-0.15, -0.1) is 0 Å². The standard InChI is InChI=1S/C34H43N3O5/c1-8-21-37(32(39)29(22-25-14-10-9-11-15-25)36-33(40)42-34(4,5)6)30(28-16-12-13-23(2)24(28)3)31(38)35-26-17-19-27(41-7)20-18-26/h9-20,29-30H,8,21-22H2,1-7H3,(H,35,38)(H,36,40). The van der Waals surface area contributed by atoms with E-state index in [1.165, 1.54) is 0 Å². The second-order valence-corrected chi connectivity index (χ2v) is 11.3. The van der Waals surface area contributed by atoms with E-state index in [-0.39, 0.29) is 18.2 Å². The molecule has 3 aromatic rings. The molecule has 0 heterocycles. The van der Waals surface area contributed by atoms with E-state index in [2.05, 4.69) is 10.6 Å². The Morgan fingerprint density at radius 1 is 0.905 bits per heavy atom. The second kappa shape index (κ2) is 14.5. The van der Waals surface area contributed by atoms with Crippen LogP contribution >= 0.6 is 0 Å². The molecule has 0 spiro atoms. The van der Waals surface area contributed by atoms with Crippen LogP contribution in [0.4, 0.5) is 10.5 Å². The number of hydrogen-bond donors (Lipinski definition) is 2. The van der Waals surface area contributed by atoms with Crippen molar-refractivity contribution in [3.8, 4) is 5.75 Å². The summed E-state index contributed by atoms with van der Waals surface area (Å²) in [6.07, 6.45) is 0.144. The van der Waals surface area contributed by atoms with Crippen molar-refractivity contribution >= 4 is 23.6 Å². The van der Waals surface area contributed by atoms with Gasteiger partial charge in [-0.3, -0.25) is 9.59 Å². The molecule has 2 atom stereocenters. The van der Waals surface area contributed by atoms with E-state index in [1.807, 2.05) is 69.3 Å². The van der Waals surface area contributed by atoms with Gasteiger partial charge in [0, 0.05) is 18.7 Å². The van der Waals surface area contributed by atoms with Gasteiger partial charge < -0.3 is 25.0 Å². The van der Waals surface area contributed by atoms with Crippen LogP contribution in [0, 0.1) is 13.8 Å². The van der Waals surface area contributed by atoms with Crippen molar-refractivity contribution < 1.29 is 23.9 Å². The fourth-order valence-electron chi connectivity index (χ4n) is 4.71. The number of nitrogens with one attached hydrogen (secondary N) is 2. The van der Waals surface area contributed by atoms with Gasteiger partial charge in [-0.2, -0.15) is 0 Å².